The molecule has 0 saturated heterocycles. The van der Waals surface area contributed by atoms with Gasteiger partial charge in [0, 0.05) is 30.8 Å². The topological polar surface area (TPSA) is 43.8 Å². The maximum atomic E-state index is 12.0. The molecule has 1 unspecified atom stereocenters. The van der Waals surface area contributed by atoms with Gasteiger partial charge in [0.25, 0.3) is 0 Å². The summed E-state index contributed by atoms with van der Waals surface area (Å²) in [6, 6.07) is -0.369. The van der Waals surface area contributed by atoms with E-state index in [0.29, 0.717) is 6.42 Å². The van der Waals surface area contributed by atoms with Crippen molar-refractivity contribution in [3.8, 4) is 0 Å². The molecule has 17 heavy (non-hydrogen) atoms. The van der Waals surface area contributed by atoms with E-state index in [1.165, 1.54) is 0 Å². The fourth-order valence-electron chi connectivity index (χ4n) is 1.99. The summed E-state index contributed by atoms with van der Waals surface area (Å²) >= 11 is 0. The van der Waals surface area contributed by atoms with Crippen molar-refractivity contribution in [3.63, 3.8) is 0 Å². The minimum absolute atomic E-state index is 0.0540. The van der Waals surface area contributed by atoms with E-state index in [9.17, 15) is 13.2 Å². The van der Waals surface area contributed by atoms with Crippen molar-refractivity contribution in [2.45, 2.75) is 45.3 Å². The smallest absolute Gasteiger partial charge is 0.324 e. The Morgan fingerprint density at radius 1 is 1.35 bits per heavy atom. The molecule has 1 atom stereocenters. The molecule has 1 heterocycles. The molecular formula is C11H18F3N3. The van der Waals surface area contributed by atoms with E-state index < -0.39 is 12.6 Å². The molecule has 1 rings (SSSR count). The predicted octanol–water partition coefficient (Wildman–Crippen LogP) is 2.77. The second-order valence-electron chi connectivity index (χ2n) is 4.32. The van der Waals surface area contributed by atoms with Crippen LogP contribution in [0, 0.1) is 13.8 Å². The molecule has 0 aliphatic rings. The van der Waals surface area contributed by atoms with Gasteiger partial charge < -0.3 is 5.73 Å². The lowest BCUT2D eigenvalue weighted by Crippen LogP contribution is -2.14. The first-order valence-corrected chi connectivity index (χ1v) is 5.55. The highest BCUT2D eigenvalue weighted by molar-refractivity contribution is 5.27. The number of hydrogen-bond donors (Lipinski definition) is 1. The zero-order valence-corrected chi connectivity index (χ0v) is 10.3. The summed E-state index contributed by atoms with van der Waals surface area (Å²) in [5, 5.41) is 4.20. The minimum atomic E-state index is -4.10. The maximum absolute atomic E-state index is 12.0. The molecular weight excluding hydrogens is 231 g/mol. The average molecular weight is 249 g/mol. The van der Waals surface area contributed by atoms with Crippen LogP contribution in [0.4, 0.5) is 13.2 Å². The van der Waals surface area contributed by atoms with Gasteiger partial charge in [-0.3, -0.25) is 4.68 Å². The van der Waals surface area contributed by atoms with Crippen molar-refractivity contribution < 1.29 is 13.2 Å². The Morgan fingerprint density at radius 3 is 2.35 bits per heavy atom. The molecule has 0 aliphatic carbocycles. The summed E-state index contributed by atoms with van der Waals surface area (Å²) in [5.74, 6) is 0. The van der Waals surface area contributed by atoms with E-state index in [1.54, 1.807) is 11.7 Å². The molecule has 2 N–H and O–H groups in total. The number of rotatable bonds is 4. The largest absolute Gasteiger partial charge is 0.389 e. The Balaban J connectivity index is 2.61. The van der Waals surface area contributed by atoms with E-state index >= 15 is 0 Å². The van der Waals surface area contributed by atoms with Gasteiger partial charge in [-0.2, -0.15) is 18.3 Å². The van der Waals surface area contributed by atoms with Gasteiger partial charge in [-0.05, 0) is 26.7 Å². The summed E-state index contributed by atoms with van der Waals surface area (Å²) in [7, 11) is 1.80. The molecule has 0 fully saturated rings. The van der Waals surface area contributed by atoms with Crippen LogP contribution in [0.15, 0.2) is 0 Å². The Hall–Kier alpha value is -1.04. The van der Waals surface area contributed by atoms with E-state index in [-0.39, 0.29) is 12.5 Å². The third-order valence-corrected chi connectivity index (χ3v) is 2.91. The zero-order valence-electron chi connectivity index (χ0n) is 10.3. The molecule has 0 amide bonds. The monoisotopic (exact) mass is 249 g/mol. The molecule has 1 aromatic heterocycles. The van der Waals surface area contributed by atoms with Crippen molar-refractivity contribution in [1.29, 1.82) is 0 Å². The Kier molecular flexibility index (Phi) is 4.19. The molecule has 0 bridgehead atoms. The van der Waals surface area contributed by atoms with Crippen molar-refractivity contribution >= 4 is 0 Å². The van der Waals surface area contributed by atoms with Crippen LogP contribution in [0.3, 0.4) is 0 Å². The highest BCUT2D eigenvalue weighted by Gasteiger charge is 2.27. The van der Waals surface area contributed by atoms with Crippen LogP contribution in [-0.4, -0.2) is 16.0 Å². The van der Waals surface area contributed by atoms with Crippen LogP contribution in [-0.2, 0) is 7.05 Å². The molecule has 0 aliphatic heterocycles. The third kappa shape index (κ3) is 3.73. The number of aromatic nitrogens is 2. The van der Waals surface area contributed by atoms with Crippen LogP contribution in [0.2, 0.25) is 0 Å². The van der Waals surface area contributed by atoms with Gasteiger partial charge in [0.15, 0.2) is 0 Å². The molecule has 0 aromatic carbocycles. The third-order valence-electron chi connectivity index (χ3n) is 2.91. The van der Waals surface area contributed by atoms with Gasteiger partial charge >= 0.3 is 6.18 Å². The van der Waals surface area contributed by atoms with Crippen molar-refractivity contribution in [1.82, 2.24) is 9.78 Å². The highest BCUT2D eigenvalue weighted by atomic mass is 19.4. The van der Waals surface area contributed by atoms with E-state index in [2.05, 4.69) is 5.10 Å². The molecule has 1 aromatic rings. The van der Waals surface area contributed by atoms with Gasteiger partial charge in [0.2, 0.25) is 0 Å². The van der Waals surface area contributed by atoms with Crippen LogP contribution < -0.4 is 5.73 Å². The number of nitrogens with zero attached hydrogens (tertiary/aromatic N) is 2. The van der Waals surface area contributed by atoms with Gasteiger partial charge in [-0.15, -0.1) is 0 Å². The van der Waals surface area contributed by atoms with Crippen molar-refractivity contribution in [2.75, 3.05) is 0 Å². The lowest BCUT2D eigenvalue weighted by atomic mass is 10.00. The fraction of sp³-hybridized carbons (Fsp3) is 0.727. The van der Waals surface area contributed by atoms with Gasteiger partial charge in [-0.25, -0.2) is 0 Å². The SMILES string of the molecule is Cc1nn(C)c(C)c1C(N)CCCC(F)(F)F. The molecule has 3 nitrogen and oxygen atoms in total. The standard InChI is InChI=1S/C11H18F3N3/c1-7-10(8(2)17(3)16-7)9(15)5-4-6-11(12,13)14/h9H,4-6,15H2,1-3H3. The number of hydrogen-bond acceptors (Lipinski definition) is 2. The van der Waals surface area contributed by atoms with Crippen LogP contribution in [0.1, 0.15) is 42.3 Å². The van der Waals surface area contributed by atoms with E-state index in [1.807, 2.05) is 13.8 Å². The Labute approximate surface area is 98.8 Å². The summed E-state index contributed by atoms with van der Waals surface area (Å²) in [5.41, 5.74) is 8.50. The van der Waals surface area contributed by atoms with Gasteiger partial charge in [-0.1, -0.05) is 0 Å². The number of alkyl halides is 3. The minimum Gasteiger partial charge on any atom is -0.324 e. The Morgan fingerprint density at radius 2 is 1.94 bits per heavy atom. The highest BCUT2D eigenvalue weighted by Crippen LogP contribution is 2.27. The molecule has 6 heteroatoms. The summed E-state index contributed by atoms with van der Waals surface area (Å²) < 4.78 is 37.7. The first-order valence-electron chi connectivity index (χ1n) is 5.55. The zero-order chi connectivity index (χ0) is 13.2. The maximum Gasteiger partial charge on any atom is 0.389 e. The average Bonchev–Trinajstić information content (AvgIpc) is 2.38. The Bertz CT molecular complexity index is 382. The number of nitrogens with two attached hydrogens (primary N) is 1. The number of halogens is 3. The summed E-state index contributed by atoms with van der Waals surface area (Å²) in [4.78, 5) is 0. The lowest BCUT2D eigenvalue weighted by Gasteiger charge is -2.13. The first-order chi connectivity index (χ1) is 7.72. The van der Waals surface area contributed by atoms with Crippen LogP contribution >= 0.6 is 0 Å². The van der Waals surface area contributed by atoms with E-state index in [4.69, 9.17) is 5.73 Å². The predicted molar refractivity (Wildman–Crippen MR) is 59.5 cm³/mol. The van der Waals surface area contributed by atoms with Crippen molar-refractivity contribution in [2.24, 2.45) is 12.8 Å². The molecule has 0 saturated carbocycles. The van der Waals surface area contributed by atoms with Crippen LogP contribution in [0.25, 0.3) is 0 Å². The number of aryl methyl sites for hydroxylation is 2. The second kappa shape index (κ2) is 5.08. The lowest BCUT2D eigenvalue weighted by molar-refractivity contribution is -0.135. The molecule has 0 spiro atoms. The second-order valence-corrected chi connectivity index (χ2v) is 4.32. The normalized spacial score (nSPS) is 14.1. The van der Waals surface area contributed by atoms with Crippen molar-refractivity contribution in [3.05, 3.63) is 17.0 Å². The molecule has 98 valence electrons. The van der Waals surface area contributed by atoms with Gasteiger partial charge in [0.1, 0.15) is 0 Å². The summed E-state index contributed by atoms with van der Waals surface area (Å²) in [6.45, 7) is 3.70. The summed E-state index contributed by atoms with van der Waals surface area (Å²) in [6.07, 6.45) is -4.50. The first kappa shape index (κ1) is 14.0. The van der Waals surface area contributed by atoms with Crippen LogP contribution in [0.5, 0.6) is 0 Å². The molecule has 0 radical (unpaired) electrons. The van der Waals surface area contributed by atoms with E-state index in [0.717, 1.165) is 17.0 Å². The fourth-order valence-corrected chi connectivity index (χ4v) is 1.99. The van der Waals surface area contributed by atoms with Gasteiger partial charge in [0.05, 0.1) is 5.69 Å². The quantitative estimate of drug-likeness (QED) is 0.891.